The summed E-state index contributed by atoms with van der Waals surface area (Å²) >= 11 is 0. The van der Waals surface area contributed by atoms with Crippen LogP contribution in [-0.2, 0) is 4.74 Å². The zero-order chi connectivity index (χ0) is 17.6. The Labute approximate surface area is 152 Å². The maximum atomic E-state index is 5.43. The summed E-state index contributed by atoms with van der Waals surface area (Å²) in [6.45, 7) is 4.90. The van der Waals surface area contributed by atoms with Crippen LogP contribution in [0.4, 0.5) is 17.8 Å². The van der Waals surface area contributed by atoms with Crippen molar-refractivity contribution in [3.8, 4) is 0 Å². The average Bonchev–Trinajstić information content (AvgIpc) is 3.24. The van der Waals surface area contributed by atoms with Gasteiger partial charge in [0.25, 0.3) is 0 Å². The molecule has 0 aromatic carbocycles. The number of aromatic nitrogens is 4. The molecule has 0 radical (unpaired) electrons. The molecule has 9 nitrogen and oxygen atoms in total. The fourth-order valence-corrected chi connectivity index (χ4v) is 2.98. The van der Waals surface area contributed by atoms with E-state index in [1.54, 1.807) is 18.6 Å². The van der Waals surface area contributed by atoms with Gasteiger partial charge in [-0.1, -0.05) is 0 Å². The third kappa shape index (κ3) is 4.05. The van der Waals surface area contributed by atoms with E-state index in [0.29, 0.717) is 31.1 Å². The Bertz CT molecular complexity index is 742. The minimum absolute atomic E-state index is 0.452. The van der Waals surface area contributed by atoms with E-state index < -0.39 is 0 Å². The normalized spacial score (nSPS) is 17.8. The monoisotopic (exact) mass is 354 g/mol. The van der Waals surface area contributed by atoms with Crippen molar-refractivity contribution in [3.63, 3.8) is 0 Å². The Hall–Kier alpha value is -2.81. The van der Waals surface area contributed by atoms with Gasteiger partial charge in [0.1, 0.15) is 0 Å². The molecule has 0 amide bonds. The van der Waals surface area contributed by atoms with E-state index in [1.807, 2.05) is 12.1 Å². The summed E-state index contributed by atoms with van der Waals surface area (Å²) in [6, 6.07) is 3.76. The zero-order valence-corrected chi connectivity index (χ0v) is 14.6. The number of morpholine rings is 1. The molecule has 0 saturated carbocycles. The number of hydrazone groups is 1. The standard InChI is InChI=1S/C17H22N8O/c1-2-8-24(7-1)16-20-15(23-19-13-14-3-5-18-6-4-14)21-17(22-16)25-9-11-26-12-10-25/h3-6,13H,1-2,7-12H2,(H,20,21,22,23). The van der Waals surface area contributed by atoms with Gasteiger partial charge >= 0.3 is 0 Å². The molecule has 26 heavy (non-hydrogen) atoms. The fraction of sp³-hybridized carbons (Fsp3) is 0.471. The van der Waals surface area contributed by atoms with E-state index in [2.05, 4.69) is 40.3 Å². The van der Waals surface area contributed by atoms with Crippen molar-refractivity contribution in [1.29, 1.82) is 0 Å². The van der Waals surface area contributed by atoms with Crippen LogP contribution in [-0.4, -0.2) is 65.5 Å². The molecular weight excluding hydrogens is 332 g/mol. The molecule has 0 spiro atoms. The molecule has 4 rings (SSSR count). The summed E-state index contributed by atoms with van der Waals surface area (Å²) in [6.07, 6.45) is 7.51. The SMILES string of the molecule is C(=NNc1nc(N2CCCC2)nc(N2CCOCC2)n1)c1ccncc1. The molecule has 136 valence electrons. The highest BCUT2D eigenvalue weighted by Crippen LogP contribution is 2.21. The minimum atomic E-state index is 0.452. The molecule has 0 unspecified atom stereocenters. The van der Waals surface area contributed by atoms with Crippen LogP contribution < -0.4 is 15.2 Å². The molecule has 0 bridgehead atoms. The van der Waals surface area contributed by atoms with Crippen LogP contribution in [0.15, 0.2) is 29.6 Å². The van der Waals surface area contributed by atoms with Crippen molar-refractivity contribution < 1.29 is 4.74 Å². The average molecular weight is 354 g/mol. The number of nitrogens with one attached hydrogen (secondary N) is 1. The van der Waals surface area contributed by atoms with Gasteiger partial charge in [0.15, 0.2) is 0 Å². The molecule has 2 fully saturated rings. The Kier molecular flexibility index (Phi) is 5.15. The second kappa shape index (κ2) is 8.05. The highest BCUT2D eigenvalue weighted by Gasteiger charge is 2.20. The van der Waals surface area contributed by atoms with Crippen LogP contribution in [0.25, 0.3) is 0 Å². The van der Waals surface area contributed by atoms with Crippen LogP contribution in [0, 0.1) is 0 Å². The van der Waals surface area contributed by atoms with E-state index in [9.17, 15) is 0 Å². The van der Waals surface area contributed by atoms with E-state index in [1.165, 1.54) is 12.8 Å². The van der Waals surface area contributed by atoms with Crippen LogP contribution in [0.5, 0.6) is 0 Å². The van der Waals surface area contributed by atoms with Gasteiger partial charge in [0, 0.05) is 38.6 Å². The van der Waals surface area contributed by atoms with Gasteiger partial charge in [-0.05, 0) is 30.5 Å². The van der Waals surface area contributed by atoms with Gasteiger partial charge in [-0.25, -0.2) is 5.43 Å². The Morgan fingerprint density at radius 3 is 2.27 bits per heavy atom. The highest BCUT2D eigenvalue weighted by molar-refractivity contribution is 5.79. The lowest BCUT2D eigenvalue weighted by Crippen LogP contribution is -2.38. The third-order valence-electron chi connectivity index (χ3n) is 4.38. The Morgan fingerprint density at radius 2 is 1.58 bits per heavy atom. The molecule has 4 heterocycles. The number of ether oxygens (including phenoxy) is 1. The van der Waals surface area contributed by atoms with Crippen molar-refractivity contribution in [1.82, 2.24) is 19.9 Å². The van der Waals surface area contributed by atoms with Crippen molar-refractivity contribution in [3.05, 3.63) is 30.1 Å². The summed E-state index contributed by atoms with van der Waals surface area (Å²) < 4.78 is 5.43. The zero-order valence-electron chi connectivity index (χ0n) is 14.6. The fourth-order valence-electron chi connectivity index (χ4n) is 2.98. The van der Waals surface area contributed by atoms with Gasteiger partial charge in [-0.3, -0.25) is 4.98 Å². The van der Waals surface area contributed by atoms with Crippen LogP contribution in [0.3, 0.4) is 0 Å². The number of hydrogen-bond donors (Lipinski definition) is 1. The lowest BCUT2D eigenvalue weighted by atomic mass is 10.3. The number of nitrogens with zero attached hydrogens (tertiary/aromatic N) is 7. The maximum absolute atomic E-state index is 5.43. The summed E-state index contributed by atoms with van der Waals surface area (Å²) in [5.74, 6) is 1.83. The van der Waals surface area contributed by atoms with Crippen LogP contribution in [0.1, 0.15) is 18.4 Å². The van der Waals surface area contributed by atoms with E-state index in [0.717, 1.165) is 31.7 Å². The molecule has 2 aromatic rings. The summed E-state index contributed by atoms with van der Waals surface area (Å²) in [7, 11) is 0. The first-order valence-electron chi connectivity index (χ1n) is 8.91. The van der Waals surface area contributed by atoms with E-state index >= 15 is 0 Å². The first-order chi connectivity index (χ1) is 12.9. The lowest BCUT2D eigenvalue weighted by molar-refractivity contribution is 0.122. The van der Waals surface area contributed by atoms with Crippen molar-refractivity contribution in [2.45, 2.75) is 12.8 Å². The van der Waals surface area contributed by atoms with Gasteiger partial charge in [0.05, 0.1) is 19.4 Å². The van der Waals surface area contributed by atoms with Crippen LogP contribution in [0.2, 0.25) is 0 Å². The molecule has 2 saturated heterocycles. The number of rotatable bonds is 5. The molecule has 2 aliphatic rings. The Balaban J connectivity index is 1.55. The quantitative estimate of drug-likeness (QED) is 0.631. The summed E-state index contributed by atoms with van der Waals surface area (Å²) in [4.78, 5) is 22.1. The largest absolute Gasteiger partial charge is 0.378 e. The molecule has 9 heteroatoms. The Morgan fingerprint density at radius 1 is 0.923 bits per heavy atom. The topological polar surface area (TPSA) is 91.7 Å². The lowest BCUT2D eigenvalue weighted by Gasteiger charge is -2.27. The number of pyridine rings is 1. The number of hydrogen-bond acceptors (Lipinski definition) is 9. The second-order valence-electron chi connectivity index (χ2n) is 6.20. The molecule has 0 aliphatic carbocycles. The summed E-state index contributed by atoms with van der Waals surface area (Å²) in [5, 5.41) is 4.25. The minimum Gasteiger partial charge on any atom is -0.378 e. The van der Waals surface area contributed by atoms with Crippen molar-refractivity contribution >= 4 is 24.1 Å². The van der Waals surface area contributed by atoms with Gasteiger partial charge in [-0.15, -0.1) is 0 Å². The predicted octanol–water partition coefficient (Wildman–Crippen LogP) is 1.15. The maximum Gasteiger partial charge on any atom is 0.250 e. The van der Waals surface area contributed by atoms with Crippen LogP contribution >= 0.6 is 0 Å². The molecule has 1 N–H and O–H groups in total. The molecule has 2 aliphatic heterocycles. The molecule has 2 aromatic heterocycles. The first kappa shape index (κ1) is 16.6. The van der Waals surface area contributed by atoms with Crippen molar-refractivity contribution in [2.75, 3.05) is 54.6 Å². The summed E-state index contributed by atoms with van der Waals surface area (Å²) in [5.41, 5.74) is 3.89. The van der Waals surface area contributed by atoms with E-state index in [-0.39, 0.29) is 0 Å². The highest BCUT2D eigenvalue weighted by atomic mass is 16.5. The predicted molar refractivity (Wildman–Crippen MR) is 99.8 cm³/mol. The van der Waals surface area contributed by atoms with Gasteiger partial charge < -0.3 is 14.5 Å². The number of anilines is 3. The molecular formula is C17H22N8O. The van der Waals surface area contributed by atoms with Gasteiger partial charge in [0.2, 0.25) is 17.8 Å². The van der Waals surface area contributed by atoms with Gasteiger partial charge in [-0.2, -0.15) is 20.1 Å². The van der Waals surface area contributed by atoms with E-state index in [4.69, 9.17) is 4.74 Å². The second-order valence-corrected chi connectivity index (χ2v) is 6.20. The molecule has 0 atom stereocenters. The van der Waals surface area contributed by atoms with Crippen molar-refractivity contribution in [2.24, 2.45) is 5.10 Å². The smallest absolute Gasteiger partial charge is 0.250 e. The first-order valence-corrected chi connectivity index (χ1v) is 8.91. The third-order valence-corrected chi connectivity index (χ3v) is 4.38.